The monoisotopic (exact) mass is 502 g/mol. The molecule has 5 aromatic rings. The second-order valence-electron chi connectivity index (χ2n) is 11.6. The molecule has 0 amide bonds. The minimum absolute atomic E-state index is 0.164. The van der Waals surface area contributed by atoms with E-state index in [1.165, 1.54) is 55.6 Å². The van der Waals surface area contributed by atoms with Crippen molar-refractivity contribution in [1.29, 1.82) is 0 Å². The smallest absolute Gasteiger partial charge is 0.0418 e. The summed E-state index contributed by atoms with van der Waals surface area (Å²) in [4.78, 5) is 0. The van der Waals surface area contributed by atoms with Gasteiger partial charge in [0.1, 0.15) is 0 Å². The topological polar surface area (TPSA) is 0 Å². The highest BCUT2D eigenvalue weighted by Crippen LogP contribution is 2.64. The molecule has 0 N–H and O–H groups in total. The third-order valence-corrected chi connectivity index (χ3v) is 9.17. The lowest BCUT2D eigenvalue weighted by molar-refractivity contribution is 0.405. The van der Waals surface area contributed by atoms with Crippen LogP contribution in [0.3, 0.4) is 0 Å². The molecular weight excluding hydrogens is 468 g/mol. The van der Waals surface area contributed by atoms with Crippen LogP contribution in [-0.2, 0) is 5.41 Å². The zero-order chi connectivity index (χ0) is 26.6. The summed E-state index contributed by atoms with van der Waals surface area (Å²) in [5, 5.41) is 0. The van der Waals surface area contributed by atoms with Gasteiger partial charge in [-0.15, -0.1) is 0 Å². The maximum absolute atomic E-state index is 2.51. The van der Waals surface area contributed by atoms with E-state index in [0.717, 1.165) is 0 Å². The minimum atomic E-state index is -0.341. The third-order valence-electron chi connectivity index (χ3n) is 9.17. The van der Waals surface area contributed by atoms with Crippen molar-refractivity contribution in [3.8, 4) is 11.1 Å². The Hall–Kier alpha value is -4.16. The van der Waals surface area contributed by atoms with Crippen LogP contribution in [0.25, 0.3) is 17.2 Å². The summed E-state index contributed by atoms with van der Waals surface area (Å²) >= 11 is 0. The summed E-state index contributed by atoms with van der Waals surface area (Å²) in [7, 11) is 0. The van der Waals surface area contributed by atoms with Crippen LogP contribution in [0.2, 0.25) is 0 Å². The first-order valence-electron chi connectivity index (χ1n) is 14.2. The Morgan fingerprint density at radius 2 is 1.05 bits per heavy atom. The highest BCUT2D eigenvalue weighted by molar-refractivity contribution is 5.82. The average Bonchev–Trinajstić information content (AvgIpc) is 3.50. The summed E-state index contributed by atoms with van der Waals surface area (Å²) in [5.41, 5.74) is 13.6. The summed E-state index contributed by atoms with van der Waals surface area (Å²) < 4.78 is 0. The molecule has 0 heterocycles. The van der Waals surface area contributed by atoms with E-state index in [9.17, 15) is 0 Å². The van der Waals surface area contributed by atoms with Crippen LogP contribution in [0.4, 0.5) is 0 Å². The molecule has 2 aliphatic rings. The normalized spacial score (nSPS) is 16.1. The van der Waals surface area contributed by atoms with Gasteiger partial charge in [0.25, 0.3) is 0 Å². The molecule has 0 bridgehead atoms. The van der Waals surface area contributed by atoms with Crippen LogP contribution < -0.4 is 0 Å². The molecule has 0 aromatic heterocycles. The highest BCUT2D eigenvalue weighted by atomic mass is 14.6. The van der Waals surface area contributed by atoms with Crippen molar-refractivity contribution in [3.63, 3.8) is 0 Å². The Labute approximate surface area is 232 Å². The molecule has 0 heteroatoms. The van der Waals surface area contributed by atoms with Gasteiger partial charge in [0, 0.05) is 17.3 Å². The lowest BCUT2D eigenvalue weighted by Gasteiger charge is -2.47. The Bertz CT molecular complexity index is 1600. The molecule has 39 heavy (non-hydrogen) atoms. The first-order chi connectivity index (χ1) is 19.1. The van der Waals surface area contributed by atoms with E-state index in [-0.39, 0.29) is 17.3 Å². The maximum Gasteiger partial charge on any atom is 0.0418 e. The van der Waals surface area contributed by atoms with Gasteiger partial charge >= 0.3 is 0 Å². The fourth-order valence-electron chi connectivity index (χ4n) is 7.59. The predicted molar refractivity (Wildman–Crippen MR) is 164 cm³/mol. The largest absolute Gasteiger partial charge is 0.0639 e. The van der Waals surface area contributed by atoms with Gasteiger partial charge in [0.2, 0.25) is 0 Å². The van der Waals surface area contributed by atoms with Crippen molar-refractivity contribution in [1.82, 2.24) is 0 Å². The Morgan fingerprint density at radius 1 is 0.538 bits per heavy atom. The third kappa shape index (κ3) is 3.51. The fourth-order valence-corrected chi connectivity index (χ4v) is 7.59. The van der Waals surface area contributed by atoms with Crippen LogP contribution in [0.15, 0.2) is 133 Å². The van der Waals surface area contributed by atoms with Crippen LogP contribution in [0.5, 0.6) is 0 Å². The number of hydrogen-bond donors (Lipinski definition) is 0. The lowest BCUT2D eigenvalue weighted by Crippen LogP contribution is -2.41. The van der Waals surface area contributed by atoms with Gasteiger partial charge < -0.3 is 0 Å². The van der Waals surface area contributed by atoms with Gasteiger partial charge in [0.05, 0.1) is 0 Å². The van der Waals surface area contributed by atoms with E-state index in [4.69, 9.17) is 0 Å². The quantitative estimate of drug-likeness (QED) is 0.224. The molecule has 190 valence electrons. The molecule has 0 nitrogen and oxygen atoms in total. The van der Waals surface area contributed by atoms with Crippen molar-refractivity contribution in [2.75, 3.05) is 0 Å². The van der Waals surface area contributed by atoms with E-state index >= 15 is 0 Å². The van der Waals surface area contributed by atoms with Gasteiger partial charge in [0.15, 0.2) is 0 Å². The molecule has 7 rings (SSSR count). The number of fused-ring (bicyclic) bond motifs is 4. The highest BCUT2D eigenvalue weighted by Gasteiger charge is 2.54. The number of hydrogen-bond acceptors (Lipinski definition) is 0. The molecule has 2 aliphatic carbocycles. The Balaban J connectivity index is 1.64. The number of benzene rings is 5. The van der Waals surface area contributed by atoms with Crippen LogP contribution in [0, 0.1) is 0 Å². The summed E-state index contributed by atoms with van der Waals surface area (Å²) in [6.45, 7) is 6.96. The lowest BCUT2D eigenvalue weighted by atomic mass is 9.54. The maximum atomic E-state index is 2.51. The molecule has 0 fully saturated rings. The van der Waals surface area contributed by atoms with Crippen LogP contribution >= 0.6 is 0 Å². The zero-order valence-corrected chi connectivity index (χ0v) is 22.9. The van der Waals surface area contributed by atoms with Crippen molar-refractivity contribution in [3.05, 3.63) is 172 Å². The Morgan fingerprint density at radius 3 is 1.59 bits per heavy atom. The Kier molecular flexibility index (Phi) is 5.67. The second kappa shape index (κ2) is 9.24. The molecule has 1 unspecified atom stereocenters. The van der Waals surface area contributed by atoms with E-state index in [0.29, 0.717) is 5.92 Å². The molecule has 1 atom stereocenters. The molecule has 0 saturated carbocycles. The van der Waals surface area contributed by atoms with Crippen molar-refractivity contribution >= 4 is 6.08 Å². The fraction of sp³-hybridized carbons (Fsp3) is 0.179. The molecule has 0 radical (unpaired) electrons. The first-order valence-corrected chi connectivity index (χ1v) is 14.2. The molecular formula is C39H34. The summed E-state index contributed by atoms with van der Waals surface area (Å²) in [6.07, 6.45) is 2.44. The van der Waals surface area contributed by atoms with E-state index in [1.807, 2.05) is 0 Å². The molecule has 0 saturated heterocycles. The number of rotatable bonds is 5. The molecule has 0 aliphatic heterocycles. The summed E-state index contributed by atoms with van der Waals surface area (Å²) in [5.74, 6) is 0.838. The molecule has 5 aromatic carbocycles. The average molecular weight is 503 g/mol. The second-order valence-corrected chi connectivity index (χ2v) is 11.6. The van der Waals surface area contributed by atoms with Crippen molar-refractivity contribution < 1.29 is 0 Å². The van der Waals surface area contributed by atoms with Crippen LogP contribution in [0.1, 0.15) is 77.5 Å². The number of allylic oxidation sites excluding steroid dienone is 1. The SMILES string of the molecule is CC1=Cc2ccc(C(C)C)cc2C1C(c1ccccc1)(c1ccccc1)C1c2ccccc2-c2ccccc21. The van der Waals surface area contributed by atoms with Crippen molar-refractivity contribution in [2.45, 2.75) is 43.9 Å². The standard InChI is InChI=1S/C39H34/c1-26(2)28-22-23-29-24-27(3)37(36(29)25-28)39(30-14-6-4-7-15-30,31-16-8-5-9-17-31)38-34-20-12-10-18-32(34)33-19-11-13-21-35(33)38/h4-26,37-38H,1-3H3. The van der Waals surface area contributed by atoms with E-state index < -0.39 is 0 Å². The van der Waals surface area contributed by atoms with Crippen molar-refractivity contribution in [2.24, 2.45) is 0 Å². The molecule has 0 spiro atoms. The minimum Gasteiger partial charge on any atom is -0.0639 e. The van der Waals surface area contributed by atoms with Crippen LogP contribution in [-0.4, -0.2) is 0 Å². The van der Waals surface area contributed by atoms with Gasteiger partial charge in [-0.25, -0.2) is 0 Å². The first kappa shape index (κ1) is 23.9. The van der Waals surface area contributed by atoms with E-state index in [2.05, 4.69) is 154 Å². The van der Waals surface area contributed by atoms with Gasteiger partial charge in [-0.3, -0.25) is 0 Å². The zero-order valence-electron chi connectivity index (χ0n) is 22.9. The predicted octanol–water partition coefficient (Wildman–Crippen LogP) is 10.1. The summed E-state index contributed by atoms with van der Waals surface area (Å²) in [6, 6.07) is 48.1. The van der Waals surface area contributed by atoms with Gasteiger partial charge in [-0.05, 0) is 62.9 Å². The van der Waals surface area contributed by atoms with E-state index in [1.54, 1.807) is 0 Å². The van der Waals surface area contributed by atoms with Gasteiger partial charge in [-0.2, -0.15) is 0 Å². The van der Waals surface area contributed by atoms with Gasteiger partial charge in [-0.1, -0.05) is 153 Å².